The van der Waals surface area contributed by atoms with E-state index >= 15 is 0 Å². The average Bonchev–Trinajstić information content (AvgIpc) is 2.59. The summed E-state index contributed by atoms with van der Waals surface area (Å²) < 4.78 is 5.19. The zero-order valence-corrected chi connectivity index (χ0v) is 11.8. The molecule has 0 spiro atoms. The van der Waals surface area contributed by atoms with Gasteiger partial charge in [0.1, 0.15) is 5.75 Å². The third kappa shape index (κ3) is 2.01. The minimum Gasteiger partial charge on any atom is -0.495 e. The Hall–Kier alpha value is -1.42. The molecular weight excluding hydrogens is 252 g/mol. The number of methoxy groups -OCH3 is 1. The molecule has 1 heterocycles. The highest BCUT2D eigenvalue weighted by Crippen LogP contribution is 2.35. The SMILES string of the molecule is COc1cc(C)c(C2CN(C)C(=O)N2C)cc1Cl. The Morgan fingerprint density at radius 3 is 2.56 bits per heavy atom. The number of likely N-dealkylation sites (N-methyl/N-ethyl adjacent to an activating group) is 2. The van der Waals surface area contributed by atoms with Crippen molar-refractivity contribution in [2.45, 2.75) is 13.0 Å². The molecule has 1 aliphatic heterocycles. The topological polar surface area (TPSA) is 32.8 Å². The van der Waals surface area contributed by atoms with E-state index < -0.39 is 0 Å². The van der Waals surface area contributed by atoms with E-state index in [0.29, 0.717) is 17.3 Å². The van der Waals surface area contributed by atoms with Crippen LogP contribution in [0.1, 0.15) is 17.2 Å². The normalized spacial score (nSPS) is 19.6. The predicted octanol–water partition coefficient (Wildman–Crippen LogP) is 2.70. The largest absolute Gasteiger partial charge is 0.495 e. The van der Waals surface area contributed by atoms with Crippen molar-refractivity contribution in [3.63, 3.8) is 0 Å². The van der Waals surface area contributed by atoms with Gasteiger partial charge in [-0.1, -0.05) is 11.6 Å². The number of nitrogens with zero attached hydrogens (tertiary/aromatic N) is 2. The maximum atomic E-state index is 11.8. The molecule has 2 rings (SSSR count). The first-order valence-electron chi connectivity index (χ1n) is 5.77. The molecule has 98 valence electrons. The molecule has 0 aromatic heterocycles. The van der Waals surface area contributed by atoms with Crippen LogP contribution in [0.4, 0.5) is 4.79 Å². The predicted molar refractivity (Wildman–Crippen MR) is 71.3 cm³/mol. The maximum Gasteiger partial charge on any atom is 0.320 e. The fraction of sp³-hybridized carbons (Fsp3) is 0.462. The van der Waals surface area contributed by atoms with Gasteiger partial charge in [0.25, 0.3) is 0 Å². The Morgan fingerprint density at radius 2 is 2.06 bits per heavy atom. The number of aryl methyl sites for hydroxylation is 1. The number of ether oxygens (including phenoxy) is 1. The zero-order valence-electron chi connectivity index (χ0n) is 11.0. The van der Waals surface area contributed by atoms with Crippen LogP contribution in [0.3, 0.4) is 0 Å². The van der Waals surface area contributed by atoms with Crippen molar-refractivity contribution in [2.75, 3.05) is 27.7 Å². The summed E-state index contributed by atoms with van der Waals surface area (Å²) in [6, 6.07) is 3.88. The Morgan fingerprint density at radius 1 is 1.39 bits per heavy atom. The summed E-state index contributed by atoms with van der Waals surface area (Å²) in [6.07, 6.45) is 0. The minimum absolute atomic E-state index is 0.0336. The van der Waals surface area contributed by atoms with Gasteiger partial charge in [0.15, 0.2) is 0 Å². The number of amides is 2. The van der Waals surface area contributed by atoms with Gasteiger partial charge < -0.3 is 14.5 Å². The highest BCUT2D eigenvalue weighted by molar-refractivity contribution is 6.32. The van der Waals surface area contributed by atoms with E-state index in [-0.39, 0.29) is 12.1 Å². The molecule has 5 heteroatoms. The first-order valence-corrected chi connectivity index (χ1v) is 6.15. The second-order valence-corrected chi connectivity index (χ2v) is 5.04. The second kappa shape index (κ2) is 4.69. The van der Waals surface area contributed by atoms with Crippen LogP contribution >= 0.6 is 11.6 Å². The number of rotatable bonds is 2. The standard InChI is InChI=1S/C13H17ClN2O2/c1-8-5-12(18-4)10(14)6-9(8)11-7-15(2)13(17)16(11)3/h5-6,11H,7H2,1-4H3. The third-order valence-electron chi connectivity index (χ3n) is 3.44. The minimum atomic E-state index is 0.0336. The van der Waals surface area contributed by atoms with Crippen LogP contribution in [-0.4, -0.2) is 43.6 Å². The van der Waals surface area contributed by atoms with Gasteiger partial charge in [-0.2, -0.15) is 0 Å². The van der Waals surface area contributed by atoms with Gasteiger partial charge in [-0.25, -0.2) is 4.79 Å². The molecule has 2 amide bonds. The maximum absolute atomic E-state index is 11.8. The smallest absolute Gasteiger partial charge is 0.320 e. The van der Waals surface area contributed by atoms with Gasteiger partial charge in [0.05, 0.1) is 18.2 Å². The lowest BCUT2D eigenvalue weighted by Crippen LogP contribution is -2.26. The summed E-state index contributed by atoms with van der Waals surface area (Å²) in [5.74, 6) is 0.665. The summed E-state index contributed by atoms with van der Waals surface area (Å²) in [4.78, 5) is 15.3. The monoisotopic (exact) mass is 268 g/mol. The van der Waals surface area contributed by atoms with Crippen molar-refractivity contribution < 1.29 is 9.53 Å². The van der Waals surface area contributed by atoms with Crippen LogP contribution < -0.4 is 4.74 Å². The zero-order chi connectivity index (χ0) is 13.4. The molecule has 0 aliphatic carbocycles. The Balaban J connectivity index is 2.40. The third-order valence-corrected chi connectivity index (χ3v) is 3.74. The van der Waals surface area contributed by atoms with E-state index in [1.165, 1.54) is 0 Å². The molecule has 4 nitrogen and oxygen atoms in total. The molecule has 0 saturated carbocycles. The Labute approximate surface area is 112 Å². The van der Waals surface area contributed by atoms with E-state index in [1.54, 1.807) is 24.0 Å². The van der Waals surface area contributed by atoms with Crippen LogP contribution in [0.2, 0.25) is 5.02 Å². The molecule has 1 unspecified atom stereocenters. The van der Waals surface area contributed by atoms with E-state index in [4.69, 9.17) is 16.3 Å². The highest BCUT2D eigenvalue weighted by Gasteiger charge is 2.34. The van der Waals surface area contributed by atoms with Crippen molar-refractivity contribution in [3.8, 4) is 5.75 Å². The van der Waals surface area contributed by atoms with E-state index in [1.807, 2.05) is 26.1 Å². The highest BCUT2D eigenvalue weighted by atomic mass is 35.5. The van der Waals surface area contributed by atoms with Crippen molar-refractivity contribution >= 4 is 17.6 Å². The molecule has 1 atom stereocenters. The number of halogens is 1. The summed E-state index contributed by atoms with van der Waals surface area (Å²) >= 11 is 6.16. The van der Waals surface area contributed by atoms with E-state index in [2.05, 4.69) is 0 Å². The summed E-state index contributed by atoms with van der Waals surface area (Å²) in [5.41, 5.74) is 2.15. The van der Waals surface area contributed by atoms with Crippen LogP contribution in [0, 0.1) is 6.92 Å². The van der Waals surface area contributed by atoms with Crippen molar-refractivity contribution in [2.24, 2.45) is 0 Å². The van der Waals surface area contributed by atoms with Gasteiger partial charge in [0, 0.05) is 20.6 Å². The fourth-order valence-corrected chi connectivity index (χ4v) is 2.60. The first kappa shape index (κ1) is 13.0. The average molecular weight is 269 g/mol. The first-order chi connectivity index (χ1) is 8.45. The van der Waals surface area contributed by atoms with Gasteiger partial charge in [-0.3, -0.25) is 0 Å². The Bertz CT molecular complexity index is 490. The van der Waals surface area contributed by atoms with Gasteiger partial charge in [0.2, 0.25) is 0 Å². The van der Waals surface area contributed by atoms with Crippen LogP contribution in [-0.2, 0) is 0 Å². The van der Waals surface area contributed by atoms with Crippen LogP contribution in [0.25, 0.3) is 0 Å². The molecule has 0 bridgehead atoms. The molecule has 1 aromatic carbocycles. The quantitative estimate of drug-likeness (QED) is 0.826. The van der Waals surface area contributed by atoms with Gasteiger partial charge in [-0.05, 0) is 30.2 Å². The molecule has 1 aliphatic rings. The lowest BCUT2D eigenvalue weighted by Gasteiger charge is -2.21. The number of hydrogen-bond donors (Lipinski definition) is 0. The van der Waals surface area contributed by atoms with Crippen LogP contribution in [0.15, 0.2) is 12.1 Å². The molecule has 0 radical (unpaired) electrons. The molecule has 1 fully saturated rings. The summed E-state index contributed by atoms with van der Waals surface area (Å²) in [6.45, 7) is 2.68. The van der Waals surface area contributed by atoms with Crippen molar-refractivity contribution in [3.05, 3.63) is 28.3 Å². The number of carbonyl (C=O) groups excluding carboxylic acids is 1. The second-order valence-electron chi connectivity index (χ2n) is 4.63. The van der Waals surface area contributed by atoms with Crippen molar-refractivity contribution in [1.29, 1.82) is 0 Å². The Kier molecular flexibility index (Phi) is 3.39. The lowest BCUT2D eigenvalue weighted by molar-refractivity contribution is 0.201. The van der Waals surface area contributed by atoms with Crippen molar-refractivity contribution in [1.82, 2.24) is 9.80 Å². The van der Waals surface area contributed by atoms with E-state index in [9.17, 15) is 4.79 Å². The molecular formula is C13H17ClN2O2. The summed E-state index contributed by atoms with van der Waals surface area (Å²) in [7, 11) is 5.21. The lowest BCUT2D eigenvalue weighted by atomic mass is 10.0. The molecule has 1 saturated heterocycles. The number of hydrogen-bond acceptors (Lipinski definition) is 2. The van der Waals surface area contributed by atoms with Crippen LogP contribution in [0.5, 0.6) is 5.75 Å². The van der Waals surface area contributed by atoms with Gasteiger partial charge in [-0.15, -0.1) is 0 Å². The van der Waals surface area contributed by atoms with E-state index in [0.717, 1.165) is 11.1 Å². The fourth-order valence-electron chi connectivity index (χ4n) is 2.36. The summed E-state index contributed by atoms with van der Waals surface area (Å²) in [5, 5.41) is 0.577. The number of carbonyl (C=O) groups is 1. The molecule has 0 N–H and O–H groups in total. The molecule has 1 aromatic rings. The number of benzene rings is 1. The molecule has 18 heavy (non-hydrogen) atoms. The number of urea groups is 1. The van der Waals surface area contributed by atoms with Gasteiger partial charge >= 0.3 is 6.03 Å².